The van der Waals surface area contributed by atoms with Crippen LogP contribution in [-0.2, 0) is 0 Å². The summed E-state index contributed by atoms with van der Waals surface area (Å²) in [6.45, 7) is -0.196. The monoisotopic (exact) mass is 207 g/mol. The molecule has 0 aliphatic carbocycles. The Labute approximate surface area is 77.9 Å². The van der Waals surface area contributed by atoms with E-state index in [0.717, 1.165) is 6.20 Å². The van der Waals surface area contributed by atoms with Gasteiger partial charge in [-0.05, 0) is 0 Å². The summed E-state index contributed by atoms with van der Waals surface area (Å²) in [6, 6.07) is -0.370. The van der Waals surface area contributed by atoms with Crippen LogP contribution in [-0.4, -0.2) is 22.5 Å². The number of nitrogens with zero attached hydrogens (tertiary/aromatic N) is 2. The van der Waals surface area contributed by atoms with Gasteiger partial charge in [-0.25, -0.2) is 18.2 Å². The summed E-state index contributed by atoms with van der Waals surface area (Å²) in [5.74, 6) is -4.25. The number of aromatic nitrogens is 2. The third-order valence-electron chi connectivity index (χ3n) is 1.20. The molecule has 0 bridgehead atoms. The van der Waals surface area contributed by atoms with E-state index in [0.29, 0.717) is 6.92 Å². The van der Waals surface area contributed by atoms with Gasteiger partial charge in [-0.2, -0.15) is 4.98 Å². The Bertz CT molecular complexity index is 326. The maximum Gasteiger partial charge on any atom is 0.318 e. The molecule has 1 heterocycles. The fourth-order valence-corrected chi connectivity index (χ4v) is 0.624. The van der Waals surface area contributed by atoms with E-state index < -0.39 is 24.2 Å². The third kappa shape index (κ3) is 3.08. The normalized spacial score (nSPS) is 11.4. The van der Waals surface area contributed by atoms with Gasteiger partial charge in [0.15, 0.2) is 18.2 Å². The average molecular weight is 207 g/mol. The Hall–Kier alpha value is -1.53. The van der Waals surface area contributed by atoms with Crippen molar-refractivity contribution in [2.75, 3.05) is 12.3 Å². The van der Waals surface area contributed by atoms with Crippen LogP contribution >= 0.6 is 0 Å². The van der Waals surface area contributed by atoms with Crippen LogP contribution in [0.4, 0.5) is 19.0 Å². The van der Waals surface area contributed by atoms with Crippen molar-refractivity contribution >= 4 is 5.82 Å². The van der Waals surface area contributed by atoms with E-state index in [1.807, 2.05) is 0 Å². The van der Waals surface area contributed by atoms with Crippen molar-refractivity contribution < 1.29 is 17.9 Å². The summed E-state index contributed by atoms with van der Waals surface area (Å²) in [5.41, 5.74) is 5.07. The molecule has 78 valence electrons. The van der Waals surface area contributed by atoms with Crippen LogP contribution in [0.3, 0.4) is 0 Å². The Morgan fingerprint density at radius 3 is 2.71 bits per heavy atom. The number of alkyl halides is 2. The Kier molecular flexibility index (Phi) is 2.78. The van der Waals surface area contributed by atoms with Gasteiger partial charge in [-0.3, -0.25) is 0 Å². The lowest BCUT2D eigenvalue weighted by molar-refractivity contribution is -0.0256. The minimum Gasteiger partial charge on any atom is -0.457 e. The summed E-state index contributed by atoms with van der Waals surface area (Å²) in [7, 11) is 0. The fourth-order valence-electron chi connectivity index (χ4n) is 0.624. The molecular formula is C7H8F3N3O. The van der Waals surface area contributed by atoms with E-state index in [-0.39, 0.29) is 6.01 Å². The number of hydrogen-bond donors (Lipinski definition) is 1. The molecule has 7 heteroatoms. The molecule has 0 fully saturated rings. The largest absolute Gasteiger partial charge is 0.457 e. The number of hydrogen-bond acceptors (Lipinski definition) is 4. The zero-order valence-corrected chi connectivity index (χ0v) is 7.30. The summed E-state index contributed by atoms with van der Waals surface area (Å²) in [4.78, 5) is 6.63. The highest BCUT2D eigenvalue weighted by atomic mass is 19.3. The van der Waals surface area contributed by atoms with Gasteiger partial charge in [0, 0.05) is 6.92 Å². The van der Waals surface area contributed by atoms with E-state index in [1.54, 1.807) is 0 Å². The number of halogens is 3. The second-order valence-electron chi connectivity index (χ2n) is 2.74. The molecule has 2 N–H and O–H groups in total. The van der Waals surface area contributed by atoms with Crippen molar-refractivity contribution in [2.24, 2.45) is 0 Å². The smallest absolute Gasteiger partial charge is 0.318 e. The molecule has 0 unspecified atom stereocenters. The lowest BCUT2D eigenvalue weighted by Gasteiger charge is -2.10. The van der Waals surface area contributed by atoms with Crippen molar-refractivity contribution in [1.29, 1.82) is 0 Å². The number of anilines is 1. The molecule has 14 heavy (non-hydrogen) atoms. The summed E-state index contributed by atoms with van der Waals surface area (Å²) in [6.07, 6.45) is 0.755. The van der Waals surface area contributed by atoms with E-state index in [1.165, 1.54) is 0 Å². The van der Waals surface area contributed by atoms with Crippen LogP contribution < -0.4 is 10.5 Å². The minimum absolute atomic E-state index is 0.370. The van der Waals surface area contributed by atoms with Gasteiger partial charge in [-0.15, -0.1) is 0 Å². The molecule has 1 aromatic rings. The number of nitrogen functional groups attached to an aromatic ring is 1. The average Bonchev–Trinajstić information content (AvgIpc) is 2.06. The molecule has 0 aromatic carbocycles. The van der Waals surface area contributed by atoms with Gasteiger partial charge in [0.2, 0.25) is 0 Å². The number of ether oxygens (including phenoxy) is 1. The highest BCUT2D eigenvalue weighted by Gasteiger charge is 2.22. The minimum atomic E-state index is -2.99. The van der Waals surface area contributed by atoms with Crippen molar-refractivity contribution in [3.63, 3.8) is 0 Å². The maximum absolute atomic E-state index is 12.5. The first-order chi connectivity index (χ1) is 6.38. The second kappa shape index (κ2) is 3.69. The van der Waals surface area contributed by atoms with Crippen molar-refractivity contribution in [3.05, 3.63) is 12.0 Å². The molecule has 0 atom stereocenters. The van der Waals surface area contributed by atoms with Crippen molar-refractivity contribution in [2.45, 2.75) is 12.8 Å². The van der Waals surface area contributed by atoms with Crippen LogP contribution in [0.1, 0.15) is 6.92 Å². The van der Waals surface area contributed by atoms with Gasteiger partial charge in [0.05, 0.1) is 6.20 Å². The Balaban J connectivity index is 2.65. The first-order valence-corrected chi connectivity index (χ1v) is 3.67. The molecule has 1 aromatic heterocycles. The number of rotatable bonds is 3. The van der Waals surface area contributed by atoms with Crippen LogP contribution in [0, 0.1) is 5.82 Å². The van der Waals surface area contributed by atoms with E-state index in [4.69, 9.17) is 5.73 Å². The van der Waals surface area contributed by atoms with Gasteiger partial charge in [0.25, 0.3) is 5.92 Å². The lowest BCUT2D eigenvalue weighted by atomic mass is 10.4. The lowest BCUT2D eigenvalue weighted by Crippen LogP contribution is -2.21. The van der Waals surface area contributed by atoms with Crippen LogP contribution in [0.2, 0.25) is 0 Å². The topological polar surface area (TPSA) is 61.0 Å². The van der Waals surface area contributed by atoms with Crippen molar-refractivity contribution in [3.8, 4) is 6.01 Å². The third-order valence-corrected chi connectivity index (χ3v) is 1.20. The van der Waals surface area contributed by atoms with E-state index >= 15 is 0 Å². The molecule has 0 spiro atoms. The SMILES string of the molecule is CC(F)(F)COc1ncc(F)c(N)n1. The summed E-state index contributed by atoms with van der Waals surface area (Å²) in [5, 5.41) is 0. The summed E-state index contributed by atoms with van der Waals surface area (Å²) >= 11 is 0. The van der Waals surface area contributed by atoms with Gasteiger partial charge >= 0.3 is 6.01 Å². The van der Waals surface area contributed by atoms with Crippen LogP contribution in [0.25, 0.3) is 0 Å². The molecule has 0 aliphatic heterocycles. The predicted octanol–water partition coefficient (Wildman–Crippen LogP) is 1.23. The Morgan fingerprint density at radius 1 is 1.57 bits per heavy atom. The molecule has 0 saturated carbocycles. The van der Waals surface area contributed by atoms with Gasteiger partial charge in [0.1, 0.15) is 0 Å². The zero-order valence-electron chi connectivity index (χ0n) is 7.30. The zero-order chi connectivity index (χ0) is 10.8. The number of nitrogens with two attached hydrogens (primary N) is 1. The van der Waals surface area contributed by atoms with Gasteiger partial charge in [-0.1, -0.05) is 0 Å². The molecule has 0 aliphatic rings. The molecule has 0 radical (unpaired) electrons. The predicted molar refractivity (Wildman–Crippen MR) is 42.5 cm³/mol. The van der Waals surface area contributed by atoms with Gasteiger partial charge < -0.3 is 10.5 Å². The van der Waals surface area contributed by atoms with E-state index in [9.17, 15) is 13.2 Å². The first-order valence-electron chi connectivity index (χ1n) is 3.67. The molecular weight excluding hydrogens is 199 g/mol. The maximum atomic E-state index is 12.5. The van der Waals surface area contributed by atoms with E-state index in [2.05, 4.69) is 14.7 Å². The molecule has 0 saturated heterocycles. The molecule has 0 amide bonds. The Morgan fingerprint density at radius 2 is 2.21 bits per heavy atom. The summed E-state index contributed by atoms with van der Waals surface area (Å²) < 4.78 is 41.6. The van der Waals surface area contributed by atoms with Crippen molar-refractivity contribution in [1.82, 2.24) is 9.97 Å². The molecule has 4 nitrogen and oxygen atoms in total. The van der Waals surface area contributed by atoms with Crippen LogP contribution in [0.15, 0.2) is 6.20 Å². The highest BCUT2D eigenvalue weighted by Crippen LogP contribution is 2.14. The molecule has 1 rings (SSSR count). The standard InChI is InChI=1S/C7H8F3N3O/c1-7(9,10)3-14-6-12-2-4(8)5(11)13-6/h2H,3H2,1H3,(H2,11,12,13). The fraction of sp³-hybridized carbons (Fsp3) is 0.429. The highest BCUT2D eigenvalue weighted by molar-refractivity contribution is 5.28. The second-order valence-corrected chi connectivity index (χ2v) is 2.74. The quantitative estimate of drug-likeness (QED) is 0.809. The van der Waals surface area contributed by atoms with Crippen LogP contribution in [0.5, 0.6) is 6.01 Å². The first kappa shape index (κ1) is 10.6.